The maximum absolute atomic E-state index is 12.2. The Morgan fingerprint density at radius 1 is 1.38 bits per heavy atom. The summed E-state index contributed by atoms with van der Waals surface area (Å²) in [5.41, 5.74) is 0. The van der Waals surface area contributed by atoms with E-state index in [1.54, 1.807) is 18.1 Å². The zero-order chi connectivity index (χ0) is 16.8. The normalized spacial score (nSPS) is 16.0. The van der Waals surface area contributed by atoms with Gasteiger partial charge in [-0.25, -0.2) is 0 Å². The second-order valence-electron chi connectivity index (χ2n) is 5.72. The summed E-state index contributed by atoms with van der Waals surface area (Å²) in [6.45, 7) is 2.66. The van der Waals surface area contributed by atoms with Crippen LogP contribution < -0.4 is 14.8 Å². The second-order valence-corrected chi connectivity index (χ2v) is 5.72. The minimum atomic E-state index is -0.155. The van der Waals surface area contributed by atoms with E-state index in [2.05, 4.69) is 10.4 Å². The number of fused-ring (bicyclic) bond motifs is 1. The molecule has 0 spiro atoms. The van der Waals surface area contributed by atoms with E-state index in [0.717, 1.165) is 18.0 Å². The lowest BCUT2D eigenvalue weighted by Gasteiger charge is -2.29. The fourth-order valence-electron chi connectivity index (χ4n) is 2.52. The molecule has 1 aromatic carbocycles. The van der Waals surface area contributed by atoms with Crippen LogP contribution in [0.1, 0.15) is 0 Å². The van der Waals surface area contributed by atoms with Gasteiger partial charge in [0.05, 0.1) is 19.6 Å². The molecule has 3 rings (SSSR count). The fourth-order valence-corrected chi connectivity index (χ4v) is 2.52. The van der Waals surface area contributed by atoms with Crippen LogP contribution in [0.4, 0.5) is 0 Å². The number of carbonyl (C=O) groups is 1. The third kappa shape index (κ3) is 4.26. The van der Waals surface area contributed by atoms with Crippen LogP contribution in [0.2, 0.25) is 0 Å². The van der Waals surface area contributed by atoms with Gasteiger partial charge in [-0.05, 0) is 18.2 Å². The lowest BCUT2D eigenvalue weighted by molar-refractivity contribution is -0.130. The van der Waals surface area contributed by atoms with Crippen LogP contribution in [0.15, 0.2) is 42.7 Å². The van der Waals surface area contributed by atoms with E-state index in [9.17, 15) is 4.79 Å². The molecule has 0 bridgehead atoms. The lowest BCUT2D eigenvalue weighted by atomic mass is 10.2. The molecule has 7 nitrogen and oxygen atoms in total. The van der Waals surface area contributed by atoms with Crippen molar-refractivity contribution in [2.45, 2.75) is 12.6 Å². The number of likely N-dealkylation sites (N-methyl/N-ethyl adjacent to an activating group) is 1. The van der Waals surface area contributed by atoms with Crippen LogP contribution in [-0.4, -0.2) is 60.0 Å². The van der Waals surface area contributed by atoms with Crippen molar-refractivity contribution in [3.05, 3.63) is 42.7 Å². The molecular formula is C17H22N4O3. The van der Waals surface area contributed by atoms with Gasteiger partial charge in [0.15, 0.2) is 17.6 Å². The molecule has 0 fully saturated rings. The van der Waals surface area contributed by atoms with Gasteiger partial charge in [-0.1, -0.05) is 12.1 Å². The standard InChI is InChI=1S/C17H22N4O3/c1-20(17(22)11-18-8-10-21-9-4-7-19-21)12-14-13-23-15-5-2-3-6-16(15)24-14/h2-7,9,14,18H,8,10-13H2,1H3. The molecule has 1 N–H and O–H groups in total. The molecule has 1 aliphatic rings. The van der Waals surface area contributed by atoms with E-state index < -0.39 is 0 Å². The van der Waals surface area contributed by atoms with Crippen LogP contribution in [0.3, 0.4) is 0 Å². The molecule has 128 valence electrons. The Morgan fingerprint density at radius 3 is 3.00 bits per heavy atom. The van der Waals surface area contributed by atoms with Crippen LogP contribution >= 0.6 is 0 Å². The van der Waals surface area contributed by atoms with E-state index in [1.807, 2.05) is 41.2 Å². The number of benzene rings is 1. The highest BCUT2D eigenvalue weighted by molar-refractivity contribution is 5.78. The second kappa shape index (κ2) is 7.83. The molecule has 24 heavy (non-hydrogen) atoms. The molecule has 7 heteroatoms. The van der Waals surface area contributed by atoms with Crippen molar-refractivity contribution in [3.63, 3.8) is 0 Å². The van der Waals surface area contributed by atoms with E-state index in [-0.39, 0.29) is 12.0 Å². The lowest BCUT2D eigenvalue weighted by Crippen LogP contribution is -2.44. The molecule has 0 aliphatic carbocycles. The number of hydrogen-bond donors (Lipinski definition) is 1. The Hall–Kier alpha value is -2.54. The van der Waals surface area contributed by atoms with E-state index >= 15 is 0 Å². The number of amides is 1. The van der Waals surface area contributed by atoms with Crippen LogP contribution in [0.5, 0.6) is 11.5 Å². The molecule has 1 unspecified atom stereocenters. The Bertz CT molecular complexity index is 660. The van der Waals surface area contributed by atoms with Gasteiger partial charge in [0.1, 0.15) is 6.61 Å². The highest BCUT2D eigenvalue weighted by Crippen LogP contribution is 2.30. The summed E-state index contributed by atoms with van der Waals surface area (Å²) in [6, 6.07) is 9.45. The summed E-state index contributed by atoms with van der Waals surface area (Å²) in [6.07, 6.45) is 3.48. The minimum Gasteiger partial charge on any atom is -0.486 e. The van der Waals surface area contributed by atoms with E-state index in [4.69, 9.17) is 9.47 Å². The highest BCUT2D eigenvalue weighted by atomic mass is 16.6. The van der Waals surface area contributed by atoms with Crippen molar-refractivity contribution in [1.29, 1.82) is 0 Å². The van der Waals surface area contributed by atoms with Crippen molar-refractivity contribution in [2.24, 2.45) is 0 Å². The molecule has 0 radical (unpaired) electrons. The molecule has 1 aliphatic heterocycles. The molecule has 1 aromatic heterocycles. The molecule has 1 atom stereocenters. The van der Waals surface area contributed by atoms with Gasteiger partial charge in [0.2, 0.25) is 5.91 Å². The summed E-state index contributed by atoms with van der Waals surface area (Å²) in [4.78, 5) is 13.8. The van der Waals surface area contributed by atoms with Gasteiger partial charge in [0, 0.05) is 26.0 Å². The number of hydrogen-bond acceptors (Lipinski definition) is 5. The average Bonchev–Trinajstić information content (AvgIpc) is 3.12. The van der Waals surface area contributed by atoms with Gasteiger partial charge in [-0.15, -0.1) is 0 Å². The zero-order valence-corrected chi connectivity index (χ0v) is 13.7. The first kappa shape index (κ1) is 16.3. The van der Waals surface area contributed by atoms with Gasteiger partial charge < -0.3 is 19.7 Å². The van der Waals surface area contributed by atoms with Crippen LogP contribution in [0, 0.1) is 0 Å². The zero-order valence-electron chi connectivity index (χ0n) is 13.7. The largest absolute Gasteiger partial charge is 0.486 e. The van der Waals surface area contributed by atoms with Gasteiger partial charge >= 0.3 is 0 Å². The molecule has 0 saturated heterocycles. The molecule has 1 amide bonds. The summed E-state index contributed by atoms with van der Waals surface area (Å²) >= 11 is 0. The topological polar surface area (TPSA) is 68.6 Å². The number of ether oxygens (including phenoxy) is 2. The van der Waals surface area contributed by atoms with E-state index in [0.29, 0.717) is 26.2 Å². The van der Waals surface area contributed by atoms with Crippen molar-refractivity contribution >= 4 is 5.91 Å². The quantitative estimate of drug-likeness (QED) is 0.760. The monoisotopic (exact) mass is 330 g/mol. The number of rotatable bonds is 7. The molecule has 2 aromatic rings. The predicted octanol–water partition coefficient (Wildman–Crippen LogP) is 0.771. The van der Waals surface area contributed by atoms with Gasteiger partial charge in [-0.3, -0.25) is 9.48 Å². The third-order valence-corrected chi connectivity index (χ3v) is 3.82. The number of para-hydroxylation sites is 2. The van der Waals surface area contributed by atoms with Crippen molar-refractivity contribution in [1.82, 2.24) is 20.0 Å². The molecule has 2 heterocycles. The number of nitrogens with one attached hydrogen (secondary N) is 1. The average molecular weight is 330 g/mol. The van der Waals surface area contributed by atoms with Crippen LogP contribution in [0.25, 0.3) is 0 Å². The number of aromatic nitrogens is 2. The van der Waals surface area contributed by atoms with Crippen LogP contribution in [-0.2, 0) is 11.3 Å². The predicted molar refractivity (Wildman–Crippen MR) is 89.1 cm³/mol. The Kier molecular flexibility index (Phi) is 5.32. The van der Waals surface area contributed by atoms with Gasteiger partial charge in [0.25, 0.3) is 0 Å². The SMILES string of the molecule is CN(CC1COc2ccccc2O1)C(=O)CNCCn1cccn1. The first-order valence-corrected chi connectivity index (χ1v) is 8.03. The number of carbonyl (C=O) groups excluding carboxylic acids is 1. The van der Waals surface area contributed by atoms with E-state index in [1.165, 1.54) is 0 Å². The first-order chi connectivity index (χ1) is 11.7. The summed E-state index contributed by atoms with van der Waals surface area (Å²) in [5, 5.41) is 7.25. The summed E-state index contributed by atoms with van der Waals surface area (Å²) in [7, 11) is 1.78. The fraction of sp³-hybridized carbons (Fsp3) is 0.412. The Morgan fingerprint density at radius 2 is 2.21 bits per heavy atom. The highest BCUT2D eigenvalue weighted by Gasteiger charge is 2.23. The molecular weight excluding hydrogens is 308 g/mol. The van der Waals surface area contributed by atoms with Crippen molar-refractivity contribution in [2.75, 3.05) is 33.3 Å². The molecule has 0 saturated carbocycles. The number of nitrogens with zero attached hydrogens (tertiary/aromatic N) is 3. The maximum atomic E-state index is 12.2. The maximum Gasteiger partial charge on any atom is 0.236 e. The van der Waals surface area contributed by atoms with Crippen molar-refractivity contribution < 1.29 is 14.3 Å². The minimum absolute atomic E-state index is 0.0259. The Labute approximate surface area is 141 Å². The smallest absolute Gasteiger partial charge is 0.236 e. The summed E-state index contributed by atoms with van der Waals surface area (Å²) < 4.78 is 13.4. The summed E-state index contributed by atoms with van der Waals surface area (Å²) in [5.74, 6) is 1.51. The Balaban J connectivity index is 1.38. The first-order valence-electron chi connectivity index (χ1n) is 8.03. The third-order valence-electron chi connectivity index (χ3n) is 3.82. The van der Waals surface area contributed by atoms with Crippen molar-refractivity contribution in [3.8, 4) is 11.5 Å². The van der Waals surface area contributed by atoms with Gasteiger partial charge in [-0.2, -0.15) is 5.10 Å².